The maximum absolute atomic E-state index is 11.6. The highest BCUT2D eigenvalue weighted by Crippen LogP contribution is 2.17. The van der Waals surface area contributed by atoms with E-state index in [1.165, 1.54) is 7.11 Å². The van der Waals surface area contributed by atoms with Crippen molar-refractivity contribution in [2.45, 2.75) is 0 Å². The molecule has 0 fully saturated rings. The summed E-state index contributed by atoms with van der Waals surface area (Å²) in [4.78, 5) is 11.6. The zero-order valence-electron chi connectivity index (χ0n) is 11.6. The monoisotopic (exact) mass is 349 g/mol. The standard InChI is InChI=1S/C16H16BrNO3/c1-20-16(19)14-4-2-3-5-15(14)18-10-11-21-13-8-6-12(17)7-9-13/h2-9,18H,10-11H2,1H3. The Balaban J connectivity index is 1.86. The minimum Gasteiger partial charge on any atom is -0.492 e. The van der Waals surface area contributed by atoms with Gasteiger partial charge in [-0.25, -0.2) is 4.79 Å². The molecule has 0 aromatic heterocycles. The van der Waals surface area contributed by atoms with Crippen LogP contribution in [0.3, 0.4) is 0 Å². The van der Waals surface area contributed by atoms with Crippen LogP contribution in [0, 0.1) is 0 Å². The van der Waals surface area contributed by atoms with Gasteiger partial charge < -0.3 is 14.8 Å². The predicted molar refractivity (Wildman–Crippen MR) is 85.9 cm³/mol. The number of esters is 1. The fourth-order valence-electron chi connectivity index (χ4n) is 1.81. The van der Waals surface area contributed by atoms with Crippen LogP contribution in [0.5, 0.6) is 5.75 Å². The van der Waals surface area contributed by atoms with Gasteiger partial charge in [-0.05, 0) is 36.4 Å². The molecule has 1 N–H and O–H groups in total. The van der Waals surface area contributed by atoms with Gasteiger partial charge in [-0.3, -0.25) is 0 Å². The fourth-order valence-corrected chi connectivity index (χ4v) is 2.07. The number of benzene rings is 2. The van der Waals surface area contributed by atoms with Gasteiger partial charge in [0.2, 0.25) is 0 Å². The van der Waals surface area contributed by atoms with Gasteiger partial charge in [0.05, 0.1) is 12.7 Å². The van der Waals surface area contributed by atoms with Crippen molar-refractivity contribution in [3.05, 3.63) is 58.6 Å². The van der Waals surface area contributed by atoms with E-state index in [9.17, 15) is 4.79 Å². The first-order valence-electron chi connectivity index (χ1n) is 6.50. The largest absolute Gasteiger partial charge is 0.492 e. The number of carbonyl (C=O) groups excluding carboxylic acids is 1. The molecule has 0 bridgehead atoms. The maximum atomic E-state index is 11.6. The van der Waals surface area contributed by atoms with E-state index < -0.39 is 0 Å². The summed E-state index contributed by atoms with van der Waals surface area (Å²) in [5.41, 5.74) is 1.26. The van der Waals surface area contributed by atoms with Crippen molar-refractivity contribution in [2.75, 3.05) is 25.6 Å². The molecular formula is C16H16BrNO3. The van der Waals surface area contributed by atoms with Crippen LogP contribution in [0.4, 0.5) is 5.69 Å². The number of ether oxygens (including phenoxy) is 2. The molecule has 2 rings (SSSR count). The van der Waals surface area contributed by atoms with Gasteiger partial charge in [0, 0.05) is 16.7 Å². The van der Waals surface area contributed by atoms with Crippen molar-refractivity contribution in [1.82, 2.24) is 0 Å². The third kappa shape index (κ3) is 4.49. The molecule has 110 valence electrons. The van der Waals surface area contributed by atoms with E-state index in [-0.39, 0.29) is 5.97 Å². The summed E-state index contributed by atoms with van der Waals surface area (Å²) in [5.74, 6) is 0.452. The van der Waals surface area contributed by atoms with Gasteiger partial charge in [0.1, 0.15) is 12.4 Å². The van der Waals surface area contributed by atoms with Crippen LogP contribution in [0.25, 0.3) is 0 Å². The van der Waals surface area contributed by atoms with Crippen LogP contribution in [-0.4, -0.2) is 26.2 Å². The van der Waals surface area contributed by atoms with Gasteiger partial charge in [0.25, 0.3) is 0 Å². The minimum absolute atomic E-state index is 0.355. The van der Waals surface area contributed by atoms with E-state index in [0.29, 0.717) is 18.7 Å². The average Bonchev–Trinajstić information content (AvgIpc) is 2.53. The fraction of sp³-hybridized carbons (Fsp3) is 0.188. The van der Waals surface area contributed by atoms with E-state index in [1.807, 2.05) is 36.4 Å². The predicted octanol–water partition coefficient (Wildman–Crippen LogP) is 3.73. The third-order valence-corrected chi connectivity index (χ3v) is 3.36. The van der Waals surface area contributed by atoms with Crippen molar-refractivity contribution >= 4 is 27.6 Å². The van der Waals surface area contributed by atoms with Crippen LogP contribution in [0.15, 0.2) is 53.0 Å². The number of hydrogen-bond acceptors (Lipinski definition) is 4. The van der Waals surface area contributed by atoms with Crippen LogP contribution in [0.1, 0.15) is 10.4 Å². The second-order valence-corrected chi connectivity index (χ2v) is 5.18. The molecule has 0 heterocycles. The first kappa shape index (κ1) is 15.4. The summed E-state index contributed by atoms with van der Waals surface area (Å²) < 4.78 is 11.4. The van der Waals surface area contributed by atoms with Crippen LogP contribution in [0.2, 0.25) is 0 Å². The van der Waals surface area contributed by atoms with E-state index in [2.05, 4.69) is 21.2 Å². The highest BCUT2D eigenvalue weighted by atomic mass is 79.9. The highest BCUT2D eigenvalue weighted by Gasteiger charge is 2.10. The van der Waals surface area contributed by atoms with Crippen molar-refractivity contribution in [3.63, 3.8) is 0 Å². The molecule has 5 heteroatoms. The van der Waals surface area contributed by atoms with Gasteiger partial charge >= 0.3 is 5.97 Å². The third-order valence-electron chi connectivity index (χ3n) is 2.83. The first-order chi connectivity index (χ1) is 10.2. The van der Waals surface area contributed by atoms with Crippen molar-refractivity contribution in [1.29, 1.82) is 0 Å². The Morgan fingerprint density at radius 3 is 2.57 bits per heavy atom. The SMILES string of the molecule is COC(=O)c1ccccc1NCCOc1ccc(Br)cc1. The Labute approximate surface area is 132 Å². The molecule has 0 saturated heterocycles. The van der Waals surface area contributed by atoms with E-state index >= 15 is 0 Å². The van der Waals surface area contributed by atoms with Gasteiger partial charge in [-0.1, -0.05) is 28.1 Å². The molecule has 0 radical (unpaired) electrons. The molecule has 4 nitrogen and oxygen atoms in total. The molecule has 0 amide bonds. The summed E-state index contributed by atoms with van der Waals surface area (Å²) in [7, 11) is 1.37. The van der Waals surface area contributed by atoms with Crippen molar-refractivity contribution in [3.8, 4) is 5.75 Å². The molecule has 0 saturated carbocycles. The molecule has 0 unspecified atom stereocenters. The Morgan fingerprint density at radius 1 is 1.14 bits per heavy atom. The van der Waals surface area contributed by atoms with E-state index in [4.69, 9.17) is 9.47 Å². The Kier molecular flexibility index (Phi) is 5.63. The first-order valence-corrected chi connectivity index (χ1v) is 7.29. The number of carbonyl (C=O) groups is 1. The second kappa shape index (κ2) is 7.69. The summed E-state index contributed by atoms with van der Waals surface area (Å²) in [6.45, 7) is 1.08. The van der Waals surface area contributed by atoms with Gasteiger partial charge in [-0.15, -0.1) is 0 Å². The maximum Gasteiger partial charge on any atom is 0.339 e. The molecule has 0 aliphatic heterocycles. The Hall–Kier alpha value is -2.01. The normalized spacial score (nSPS) is 10.0. The molecule has 2 aromatic rings. The smallest absolute Gasteiger partial charge is 0.339 e. The topological polar surface area (TPSA) is 47.6 Å². The lowest BCUT2D eigenvalue weighted by Crippen LogP contribution is -2.14. The molecule has 2 aromatic carbocycles. The van der Waals surface area contributed by atoms with Gasteiger partial charge in [-0.2, -0.15) is 0 Å². The molecule has 21 heavy (non-hydrogen) atoms. The quantitative estimate of drug-likeness (QED) is 0.637. The minimum atomic E-state index is -0.355. The summed E-state index contributed by atoms with van der Waals surface area (Å²) in [6, 6.07) is 14.9. The summed E-state index contributed by atoms with van der Waals surface area (Å²) in [5, 5.41) is 3.18. The number of nitrogens with one attached hydrogen (secondary N) is 1. The molecule has 0 spiro atoms. The lowest BCUT2D eigenvalue weighted by Gasteiger charge is -2.11. The number of anilines is 1. The number of methoxy groups -OCH3 is 1. The summed E-state index contributed by atoms with van der Waals surface area (Å²) >= 11 is 3.37. The number of hydrogen-bond donors (Lipinski definition) is 1. The Morgan fingerprint density at radius 2 is 1.86 bits per heavy atom. The van der Waals surface area contributed by atoms with Crippen LogP contribution in [-0.2, 0) is 4.74 Å². The van der Waals surface area contributed by atoms with E-state index in [0.717, 1.165) is 15.9 Å². The van der Waals surface area contributed by atoms with Crippen LogP contribution < -0.4 is 10.1 Å². The average molecular weight is 350 g/mol. The molecule has 0 aliphatic rings. The summed E-state index contributed by atoms with van der Waals surface area (Å²) in [6.07, 6.45) is 0. The van der Waals surface area contributed by atoms with Gasteiger partial charge in [0.15, 0.2) is 0 Å². The number of rotatable bonds is 6. The molecular weight excluding hydrogens is 334 g/mol. The second-order valence-electron chi connectivity index (χ2n) is 4.27. The van der Waals surface area contributed by atoms with Crippen molar-refractivity contribution in [2.24, 2.45) is 0 Å². The number of halogens is 1. The zero-order valence-corrected chi connectivity index (χ0v) is 13.2. The zero-order chi connectivity index (χ0) is 15.1. The Bertz CT molecular complexity index is 599. The lowest BCUT2D eigenvalue weighted by molar-refractivity contribution is 0.0602. The van der Waals surface area contributed by atoms with E-state index in [1.54, 1.807) is 12.1 Å². The van der Waals surface area contributed by atoms with Crippen LogP contribution >= 0.6 is 15.9 Å². The molecule has 0 aliphatic carbocycles. The van der Waals surface area contributed by atoms with Crippen molar-refractivity contribution < 1.29 is 14.3 Å². The molecule has 0 atom stereocenters. The number of para-hydroxylation sites is 1. The lowest BCUT2D eigenvalue weighted by atomic mass is 10.2. The highest BCUT2D eigenvalue weighted by molar-refractivity contribution is 9.10.